The third-order valence-electron chi connectivity index (χ3n) is 4.14. The van der Waals surface area contributed by atoms with Gasteiger partial charge in [0, 0.05) is 37.8 Å². The van der Waals surface area contributed by atoms with Gasteiger partial charge < -0.3 is 5.32 Å². The fraction of sp³-hybridized carbons (Fsp3) is 0.800. The van der Waals surface area contributed by atoms with E-state index in [4.69, 9.17) is 11.6 Å². The minimum absolute atomic E-state index is 0.544. The summed E-state index contributed by atoms with van der Waals surface area (Å²) in [5.74, 6) is 0. The minimum atomic E-state index is 0.544. The Morgan fingerprint density at radius 2 is 2.15 bits per heavy atom. The second-order valence-corrected chi connectivity index (χ2v) is 6.52. The van der Waals surface area contributed by atoms with Gasteiger partial charge in [0.25, 0.3) is 0 Å². The van der Waals surface area contributed by atoms with Crippen LogP contribution in [0.5, 0.6) is 0 Å². The summed E-state index contributed by atoms with van der Waals surface area (Å²) < 4.78 is 1.78. The van der Waals surface area contributed by atoms with Gasteiger partial charge in [-0.15, -0.1) is 0 Å². The molecule has 0 radical (unpaired) electrons. The summed E-state index contributed by atoms with van der Waals surface area (Å²) in [6, 6.07) is 1.16. The van der Waals surface area contributed by atoms with E-state index in [1.807, 2.05) is 14.0 Å². The number of piperidine rings is 1. The van der Waals surface area contributed by atoms with Crippen molar-refractivity contribution in [2.75, 3.05) is 13.1 Å². The second-order valence-electron chi connectivity index (χ2n) is 6.16. The summed E-state index contributed by atoms with van der Waals surface area (Å²) in [5.41, 5.74) is 2.24. The molecule has 0 amide bonds. The standard InChI is InChI=1S/C15H27ClN4/c1-11(2)17-9-13-7-5-6-8-20(13)10-14-12(3)18-19(4)15(14)16/h11,13,17H,5-10H2,1-4H3. The van der Waals surface area contributed by atoms with Gasteiger partial charge in [0.15, 0.2) is 0 Å². The summed E-state index contributed by atoms with van der Waals surface area (Å²) in [6.45, 7) is 9.60. The van der Waals surface area contributed by atoms with Gasteiger partial charge >= 0.3 is 0 Å². The predicted octanol–water partition coefficient (Wildman–Crippen LogP) is 2.73. The molecule has 1 aromatic heterocycles. The van der Waals surface area contributed by atoms with Crippen LogP contribution in [0.2, 0.25) is 5.15 Å². The van der Waals surface area contributed by atoms with Crippen LogP contribution in [-0.4, -0.2) is 39.9 Å². The van der Waals surface area contributed by atoms with Gasteiger partial charge in [0.1, 0.15) is 5.15 Å². The monoisotopic (exact) mass is 298 g/mol. The van der Waals surface area contributed by atoms with Gasteiger partial charge in [-0.3, -0.25) is 9.58 Å². The van der Waals surface area contributed by atoms with Crippen molar-refractivity contribution in [3.05, 3.63) is 16.4 Å². The molecular weight excluding hydrogens is 272 g/mol. The highest BCUT2D eigenvalue weighted by atomic mass is 35.5. The molecule has 1 aliphatic rings. The SMILES string of the molecule is Cc1nn(C)c(Cl)c1CN1CCCCC1CNC(C)C. The number of likely N-dealkylation sites (tertiary alicyclic amines) is 1. The van der Waals surface area contributed by atoms with Crippen LogP contribution in [0.25, 0.3) is 0 Å². The first kappa shape index (κ1) is 15.8. The normalized spacial score (nSPS) is 20.8. The first-order valence-electron chi connectivity index (χ1n) is 7.64. The average Bonchev–Trinajstić information content (AvgIpc) is 2.64. The number of rotatable bonds is 5. The largest absolute Gasteiger partial charge is 0.313 e. The molecule has 0 bridgehead atoms. The molecule has 1 unspecified atom stereocenters. The van der Waals surface area contributed by atoms with Crippen molar-refractivity contribution < 1.29 is 0 Å². The van der Waals surface area contributed by atoms with Crippen LogP contribution in [0.4, 0.5) is 0 Å². The molecule has 2 rings (SSSR count). The van der Waals surface area contributed by atoms with Gasteiger partial charge in [-0.25, -0.2) is 0 Å². The Morgan fingerprint density at radius 3 is 2.75 bits per heavy atom. The molecule has 1 aliphatic heterocycles. The Morgan fingerprint density at radius 1 is 1.40 bits per heavy atom. The van der Waals surface area contributed by atoms with Crippen molar-refractivity contribution in [3.8, 4) is 0 Å². The molecule has 20 heavy (non-hydrogen) atoms. The van der Waals surface area contributed by atoms with E-state index < -0.39 is 0 Å². The number of aryl methyl sites for hydroxylation is 2. The van der Waals surface area contributed by atoms with Crippen LogP contribution in [0.15, 0.2) is 0 Å². The van der Waals surface area contributed by atoms with Gasteiger partial charge in [-0.2, -0.15) is 5.10 Å². The topological polar surface area (TPSA) is 33.1 Å². The molecule has 4 nitrogen and oxygen atoms in total. The van der Waals surface area contributed by atoms with E-state index in [1.165, 1.54) is 24.8 Å². The van der Waals surface area contributed by atoms with Gasteiger partial charge in [-0.1, -0.05) is 31.9 Å². The molecule has 0 aliphatic carbocycles. The summed E-state index contributed by atoms with van der Waals surface area (Å²) in [4.78, 5) is 2.56. The van der Waals surface area contributed by atoms with Crippen molar-refractivity contribution in [2.45, 2.75) is 58.7 Å². The van der Waals surface area contributed by atoms with E-state index in [1.54, 1.807) is 4.68 Å². The maximum absolute atomic E-state index is 6.37. The number of halogens is 1. The third-order valence-corrected chi connectivity index (χ3v) is 4.61. The molecule has 2 heterocycles. The quantitative estimate of drug-likeness (QED) is 0.907. The zero-order chi connectivity index (χ0) is 14.7. The van der Waals surface area contributed by atoms with Crippen LogP contribution >= 0.6 is 11.6 Å². The molecule has 0 spiro atoms. The van der Waals surface area contributed by atoms with Crippen LogP contribution in [0, 0.1) is 6.92 Å². The van der Waals surface area contributed by atoms with E-state index in [9.17, 15) is 0 Å². The van der Waals surface area contributed by atoms with Crippen LogP contribution in [0.1, 0.15) is 44.4 Å². The fourth-order valence-corrected chi connectivity index (χ4v) is 3.16. The molecule has 1 N–H and O–H groups in total. The molecule has 0 saturated carbocycles. The smallest absolute Gasteiger partial charge is 0.131 e. The predicted molar refractivity (Wildman–Crippen MR) is 84.1 cm³/mol. The molecule has 1 saturated heterocycles. The maximum Gasteiger partial charge on any atom is 0.131 e. The number of hydrogen-bond acceptors (Lipinski definition) is 3. The maximum atomic E-state index is 6.37. The Kier molecular flexibility index (Phi) is 5.47. The van der Waals surface area contributed by atoms with Crippen molar-refractivity contribution >= 4 is 11.6 Å². The zero-order valence-corrected chi connectivity index (χ0v) is 13.9. The summed E-state index contributed by atoms with van der Waals surface area (Å²) >= 11 is 6.37. The molecule has 1 aromatic rings. The van der Waals surface area contributed by atoms with Crippen LogP contribution in [0.3, 0.4) is 0 Å². The minimum Gasteiger partial charge on any atom is -0.313 e. The van der Waals surface area contributed by atoms with Crippen molar-refractivity contribution in [2.24, 2.45) is 7.05 Å². The highest BCUT2D eigenvalue weighted by molar-refractivity contribution is 6.30. The first-order valence-corrected chi connectivity index (χ1v) is 8.02. The highest BCUT2D eigenvalue weighted by Crippen LogP contribution is 2.25. The lowest BCUT2D eigenvalue weighted by Gasteiger charge is -2.36. The van der Waals surface area contributed by atoms with Crippen molar-refractivity contribution in [1.29, 1.82) is 0 Å². The lowest BCUT2D eigenvalue weighted by Crippen LogP contribution is -2.46. The van der Waals surface area contributed by atoms with Crippen LogP contribution < -0.4 is 5.32 Å². The van der Waals surface area contributed by atoms with Crippen LogP contribution in [-0.2, 0) is 13.6 Å². The molecule has 114 valence electrons. The third kappa shape index (κ3) is 3.74. The zero-order valence-electron chi connectivity index (χ0n) is 13.1. The first-order chi connectivity index (χ1) is 9.49. The van der Waals surface area contributed by atoms with Gasteiger partial charge in [0.2, 0.25) is 0 Å². The van der Waals surface area contributed by atoms with E-state index >= 15 is 0 Å². The molecule has 1 fully saturated rings. The Bertz CT molecular complexity index is 441. The fourth-order valence-electron chi connectivity index (χ4n) is 2.93. The Hall–Kier alpha value is -0.580. The number of nitrogens with zero attached hydrogens (tertiary/aromatic N) is 3. The second kappa shape index (κ2) is 6.92. The molecule has 1 atom stereocenters. The van der Waals surface area contributed by atoms with Crippen molar-refractivity contribution in [1.82, 2.24) is 20.0 Å². The summed E-state index contributed by atoms with van der Waals surface area (Å²) in [7, 11) is 1.91. The molecule has 5 heteroatoms. The number of aromatic nitrogens is 2. The Labute approximate surface area is 127 Å². The van der Waals surface area contributed by atoms with Crippen molar-refractivity contribution in [3.63, 3.8) is 0 Å². The van der Waals surface area contributed by atoms with E-state index in [0.717, 1.165) is 30.5 Å². The summed E-state index contributed by atoms with van der Waals surface area (Å²) in [6.07, 6.45) is 3.90. The van der Waals surface area contributed by atoms with E-state index in [-0.39, 0.29) is 0 Å². The lowest BCUT2D eigenvalue weighted by atomic mass is 10.0. The van der Waals surface area contributed by atoms with Gasteiger partial charge in [0.05, 0.1) is 5.69 Å². The molecular formula is C15H27ClN4. The Balaban J connectivity index is 2.04. The van der Waals surface area contributed by atoms with E-state index in [2.05, 4.69) is 29.2 Å². The number of nitrogens with one attached hydrogen (secondary N) is 1. The molecule has 0 aromatic carbocycles. The van der Waals surface area contributed by atoms with E-state index in [0.29, 0.717) is 12.1 Å². The highest BCUT2D eigenvalue weighted by Gasteiger charge is 2.24. The average molecular weight is 299 g/mol. The number of hydrogen-bond donors (Lipinski definition) is 1. The lowest BCUT2D eigenvalue weighted by molar-refractivity contribution is 0.135. The van der Waals surface area contributed by atoms with Gasteiger partial charge in [-0.05, 0) is 26.3 Å². The summed E-state index contributed by atoms with van der Waals surface area (Å²) in [5, 5.41) is 8.77.